The monoisotopic (exact) mass is 555 g/mol. The molecule has 1 aromatic carbocycles. The molecule has 0 fully saturated rings. The Labute approximate surface area is 212 Å². The molecule has 0 aliphatic carbocycles. The molecule has 0 saturated heterocycles. The number of hydrogen-bond acceptors (Lipinski definition) is 7. The van der Waals surface area contributed by atoms with E-state index in [1.165, 1.54) is 32.1 Å². The van der Waals surface area contributed by atoms with Crippen molar-refractivity contribution in [2.75, 3.05) is 23.8 Å². The van der Waals surface area contributed by atoms with E-state index >= 15 is 0 Å². The van der Waals surface area contributed by atoms with Gasteiger partial charge in [-0.15, -0.1) is 0 Å². The summed E-state index contributed by atoms with van der Waals surface area (Å²) in [7, 11) is -3.62. The highest BCUT2D eigenvalue weighted by atomic mass is 79.9. The van der Waals surface area contributed by atoms with Crippen molar-refractivity contribution >= 4 is 43.4 Å². The highest BCUT2D eigenvalue weighted by Gasteiger charge is 2.17. The number of halogens is 1. The molecule has 0 radical (unpaired) electrons. The molecule has 0 saturated carbocycles. The normalized spacial score (nSPS) is 12.5. The minimum absolute atomic E-state index is 0.0374. The van der Waals surface area contributed by atoms with E-state index in [1.807, 2.05) is 6.92 Å². The van der Waals surface area contributed by atoms with E-state index in [1.54, 1.807) is 31.3 Å². The Hall–Kier alpha value is -1.75. The molecule has 0 spiro atoms. The molecular weight excluding hydrogens is 518 g/mol. The molecule has 1 heterocycles. The predicted molar refractivity (Wildman–Crippen MR) is 142 cm³/mol. The molecule has 34 heavy (non-hydrogen) atoms. The molecule has 8 nitrogen and oxygen atoms in total. The Kier molecular flexibility index (Phi) is 12.2. The lowest BCUT2D eigenvalue weighted by atomic mass is 10.1. The molecule has 10 heteroatoms. The Morgan fingerprint density at radius 2 is 1.76 bits per heavy atom. The SMILES string of the molecule is CCCCCCCCCCNS(=O)(=O)c1cc(Nc2ncc(Br)c(N[C@H](C)CO)n2)ccc1C. The minimum Gasteiger partial charge on any atom is -0.394 e. The van der Waals surface area contributed by atoms with E-state index < -0.39 is 10.0 Å². The van der Waals surface area contributed by atoms with Gasteiger partial charge in [-0.1, -0.05) is 57.9 Å². The maximum atomic E-state index is 12.9. The Morgan fingerprint density at radius 3 is 2.44 bits per heavy atom. The Bertz CT molecular complexity index is 1000. The summed E-state index contributed by atoms with van der Waals surface area (Å²) in [4.78, 5) is 8.90. The van der Waals surface area contributed by atoms with E-state index in [9.17, 15) is 13.5 Å². The molecule has 1 atom stereocenters. The topological polar surface area (TPSA) is 116 Å². The largest absolute Gasteiger partial charge is 0.394 e. The van der Waals surface area contributed by atoms with Gasteiger partial charge in [-0.25, -0.2) is 18.1 Å². The zero-order chi connectivity index (χ0) is 25.0. The molecule has 0 aliphatic rings. The maximum Gasteiger partial charge on any atom is 0.240 e. The molecule has 2 rings (SSSR count). The lowest BCUT2D eigenvalue weighted by molar-refractivity contribution is 0.281. The second kappa shape index (κ2) is 14.6. The minimum atomic E-state index is -3.62. The van der Waals surface area contributed by atoms with Crippen molar-refractivity contribution in [3.63, 3.8) is 0 Å². The van der Waals surface area contributed by atoms with Crippen molar-refractivity contribution in [3.05, 3.63) is 34.4 Å². The van der Waals surface area contributed by atoms with Gasteiger partial charge in [-0.2, -0.15) is 4.98 Å². The molecule has 4 N–H and O–H groups in total. The summed E-state index contributed by atoms with van der Waals surface area (Å²) in [6.45, 7) is 6.22. The van der Waals surface area contributed by atoms with Gasteiger partial charge in [0.2, 0.25) is 16.0 Å². The van der Waals surface area contributed by atoms with Crippen LogP contribution in [-0.4, -0.2) is 42.7 Å². The van der Waals surface area contributed by atoms with Crippen LogP contribution in [0.1, 0.15) is 70.8 Å². The Balaban J connectivity index is 1.97. The summed E-state index contributed by atoms with van der Waals surface area (Å²) in [6.07, 6.45) is 10.9. The first-order valence-electron chi connectivity index (χ1n) is 12.0. The molecule has 0 aliphatic heterocycles. The fraction of sp³-hybridized carbons (Fsp3) is 0.583. The highest BCUT2D eigenvalue weighted by molar-refractivity contribution is 9.10. The zero-order valence-electron chi connectivity index (χ0n) is 20.4. The first-order chi connectivity index (χ1) is 16.3. The first kappa shape index (κ1) is 28.5. The lowest BCUT2D eigenvalue weighted by Crippen LogP contribution is -2.25. The van der Waals surface area contributed by atoms with Crippen molar-refractivity contribution in [3.8, 4) is 0 Å². The van der Waals surface area contributed by atoms with Gasteiger partial charge in [-0.05, 0) is 53.9 Å². The van der Waals surface area contributed by atoms with Crippen LogP contribution in [0.2, 0.25) is 0 Å². The van der Waals surface area contributed by atoms with Crippen LogP contribution in [0.4, 0.5) is 17.5 Å². The van der Waals surface area contributed by atoms with Crippen molar-refractivity contribution in [1.82, 2.24) is 14.7 Å². The van der Waals surface area contributed by atoms with Crippen LogP contribution in [0, 0.1) is 6.92 Å². The number of hydrogen-bond donors (Lipinski definition) is 4. The van der Waals surface area contributed by atoms with Gasteiger partial charge in [0, 0.05) is 24.5 Å². The number of aryl methyl sites for hydroxylation is 1. The van der Waals surface area contributed by atoms with Crippen LogP contribution in [0.5, 0.6) is 0 Å². The number of aliphatic hydroxyl groups excluding tert-OH is 1. The summed E-state index contributed by atoms with van der Waals surface area (Å²) >= 11 is 3.39. The van der Waals surface area contributed by atoms with Crippen molar-refractivity contribution in [2.24, 2.45) is 0 Å². The number of anilines is 3. The number of sulfonamides is 1. The van der Waals surface area contributed by atoms with Crippen molar-refractivity contribution in [1.29, 1.82) is 0 Å². The fourth-order valence-corrected chi connectivity index (χ4v) is 5.10. The van der Waals surface area contributed by atoms with E-state index in [4.69, 9.17) is 0 Å². The summed E-state index contributed by atoms with van der Waals surface area (Å²) < 4.78 is 29.2. The highest BCUT2D eigenvalue weighted by Crippen LogP contribution is 2.25. The predicted octanol–water partition coefficient (Wildman–Crippen LogP) is 5.50. The van der Waals surface area contributed by atoms with E-state index in [0.29, 0.717) is 34.0 Å². The molecule has 0 unspecified atom stereocenters. The number of rotatable bonds is 16. The number of unbranched alkanes of at least 4 members (excludes halogenated alkanes) is 7. The smallest absolute Gasteiger partial charge is 0.240 e. The third-order valence-electron chi connectivity index (χ3n) is 5.46. The van der Waals surface area contributed by atoms with E-state index in [2.05, 4.69) is 48.2 Å². The molecule has 0 bridgehead atoms. The molecular formula is C24H38BrN5O3S. The molecule has 1 aromatic heterocycles. The summed E-state index contributed by atoms with van der Waals surface area (Å²) in [6, 6.07) is 4.98. The number of aromatic nitrogens is 2. The summed E-state index contributed by atoms with van der Waals surface area (Å²) in [5.41, 5.74) is 1.24. The maximum absolute atomic E-state index is 12.9. The number of nitrogens with one attached hydrogen (secondary N) is 3. The van der Waals surface area contributed by atoms with Gasteiger partial charge in [0.1, 0.15) is 5.82 Å². The van der Waals surface area contributed by atoms with Crippen molar-refractivity contribution < 1.29 is 13.5 Å². The van der Waals surface area contributed by atoms with Crippen LogP contribution >= 0.6 is 15.9 Å². The standard InChI is InChI=1S/C24H38BrN5O3S/c1-4-5-6-7-8-9-10-11-14-27-34(32,33)22-15-20(13-12-18(22)2)29-24-26-16-21(25)23(30-24)28-19(3)17-31/h12-13,15-16,19,27,31H,4-11,14,17H2,1-3H3,(H2,26,28,29,30)/t19-/m1/s1. The average Bonchev–Trinajstić information content (AvgIpc) is 2.81. The second-order valence-corrected chi connectivity index (χ2v) is 11.2. The number of aliphatic hydroxyl groups is 1. The average molecular weight is 557 g/mol. The second-order valence-electron chi connectivity index (χ2n) is 8.60. The van der Waals surface area contributed by atoms with Gasteiger partial charge in [0.15, 0.2) is 0 Å². The van der Waals surface area contributed by atoms with Crippen LogP contribution < -0.4 is 15.4 Å². The van der Waals surface area contributed by atoms with Crippen LogP contribution in [0.3, 0.4) is 0 Å². The zero-order valence-corrected chi connectivity index (χ0v) is 22.8. The molecule has 0 amide bonds. The van der Waals surface area contributed by atoms with Crippen molar-refractivity contribution in [2.45, 2.75) is 83.1 Å². The quantitative estimate of drug-likeness (QED) is 0.202. The van der Waals surface area contributed by atoms with Gasteiger partial charge in [-0.3, -0.25) is 0 Å². The van der Waals surface area contributed by atoms with E-state index in [0.717, 1.165) is 19.3 Å². The summed E-state index contributed by atoms with van der Waals surface area (Å²) in [5.74, 6) is 0.848. The first-order valence-corrected chi connectivity index (χ1v) is 14.3. The molecule has 190 valence electrons. The van der Waals surface area contributed by atoms with Crippen LogP contribution in [0.25, 0.3) is 0 Å². The third-order valence-corrected chi connectivity index (χ3v) is 7.64. The lowest BCUT2D eigenvalue weighted by Gasteiger charge is -2.15. The summed E-state index contributed by atoms with van der Waals surface area (Å²) in [5, 5.41) is 15.4. The van der Waals surface area contributed by atoms with E-state index in [-0.39, 0.29) is 17.5 Å². The fourth-order valence-electron chi connectivity index (χ4n) is 3.45. The van der Waals surface area contributed by atoms with Gasteiger partial charge >= 0.3 is 0 Å². The number of benzene rings is 1. The van der Waals surface area contributed by atoms with Crippen LogP contribution in [0.15, 0.2) is 33.8 Å². The Morgan fingerprint density at radius 1 is 1.09 bits per heavy atom. The van der Waals surface area contributed by atoms with Gasteiger partial charge < -0.3 is 15.7 Å². The van der Waals surface area contributed by atoms with Gasteiger partial charge in [0.25, 0.3) is 0 Å². The third kappa shape index (κ3) is 9.48. The van der Waals surface area contributed by atoms with Gasteiger partial charge in [0.05, 0.1) is 16.0 Å². The molecule has 2 aromatic rings. The number of nitrogens with zero attached hydrogens (tertiary/aromatic N) is 2. The van der Waals surface area contributed by atoms with Crippen LogP contribution in [-0.2, 0) is 10.0 Å².